The van der Waals surface area contributed by atoms with Gasteiger partial charge in [-0.15, -0.1) is 0 Å². The summed E-state index contributed by atoms with van der Waals surface area (Å²) in [4.78, 5) is 27.4. The van der Waals surface area contributed by atoms with Gasteiger partial charge in [0.25, 0.3) is 0 Å². The van der Waals surface area contributed by atoms with Crippen LogP contribution in [-0.2, 0) is 9.53 Å². The van der Waals surface area contributed by atoms with Crippen LogP contribution in [0, 0.1) is 5.41 Å². The zero-order valence-corrected chi connectivity index (χ0v) is 12.3. The van der Waals surface area contributed by atoms with Gasteiger partial charge in [-0.1, -0.05) is 6.92 Å². The molecular weight excluding hydrogens is 260 g/mol. The molecule has 0 aromatic heterocycles. The molecule has 0 aromatic carbocycles. The minimum absolute atomic E-state index is 0.0477. The number of rotatable bonds is 3. The number of amides is 2. The number of likely N-dealkylation sites (tertiary alicyclic amines) is 1. The number of carboxylic acid groups (broad SMARTS) is 1. The summed E-state index contributed by atoms with van der Waals surface area (Å²) < 4.78 is 5.31. The third kappa shape index (κ3) is 2.75. The number of carbonyl (C=O) groups is 2. The van der Waals surface area contributed by atoms with Crippen molar-refractivity contribution in [2.45, 2.75) is 38.6 Å². The Labute approximate surface area is 119 Å². The van der Waals surface area contributed by atoms with Crippen LogP contribution in [0.3, 0.4) is 0 Å². The predicted molar refractivity (Wildman–Crippen MR) is 73.5 cm³/mol. The van der Waals surface area contributed by atoms with Crippen molar-refractivity contribution < 1.29 is 19.4 Å². The van der Waals surface area contributed by atoms with Crippen LogP contribution in [-0.4, -0.2) is 66.3 Å². The van der Waals surface area contributed by atoms with Crippen LogP contribution in [0.2, 0.25) is 0 Å². The van der Waals surface area contributed by atoms with Crippen molar-refractivity contribution in [3.8, 4) is 0 Å². The Morgan fingerprint density at radius 1 is 1.40 bits per heavy atom. The van der Waals surface area contributed by atoms with E-state index in [1.807, 2.05) is 14.0 Å². The maximum Gasteiger partial charge on any atom is 0.320 e. The highest BCUT2D eigenvalue weighted by atomic mass is 16.5. The minimum atomic E-state index is -0.788. The van der Waals surface area contributed by atoms with Crippen LogP contribution in [0.15, 0.2) is 0 Å². The largest absolute Gasteiger partial charge is 0.481 e. The van der Waals surface area contributed by atoms with E-state index in [1.54, 1.807) is 9.80 Å². The van der Waals surface area contributed by atoms with E-state index >= 15 is 0 Å². The van der Waals surface area contributed by atoms with E-state index in [2.05, 4.69) is 0 Å². The summed E-state index contributed by atoms with van der Waals surface area (Å²) in [5.41, 5.74) is -0.758. The Bertz CT molecular complexity index is 381. The lowest BCUT2D eigenvalue weighted by atomic mass is 9.84. The molecule has 2 aliphatic heterocycles. The number of ether oxygens (including phenoxy) is 1. The van der Waals surface area contributed by atoms with Gasteiger partial charge in [-0.2, -0.15) is 0 Å². The molecule has 0 aromatic rings. The molecule has 1 unspecified atom stereocenters. The van der Waals surface area contributed by atoms with Gasteiger partial charge < -0.3 is 19.6 Å². The molecule has 2 amide bonds. The zero-order chi connectivity index (χ0) is 14.8. The molecule has 2 fully saturated rings. The number of nitrogens with zero attached hydrogens (tertiary/aromatic N) is 2. The van der Waals surface area contributed by atoms with Gasteiger partial charge >= 0.3 is 12.0 Å². The zero-order valence-electron chi connectivity index (χ0n) is 12.3. The second-order valence-electron chi connectivity index (χ2n) is 5.85. The van der Waals surface area contributed by atoms with Crippen LogP contribution in [0.25, 0.3) is 0 Å². The summed E-state index contributed by atoms with van der Waals surface area (Å²) in [6, 6.07) is 0.158. The molecule has 0 spiro atoms. The monoisotopic (exact) mass is 284 g/mol. The maximum atomic E-state index is 12.5. The van der Waals surface area contributed by atoms with Gasteiger partial charge in [-0.05, 0) is 25.7 Å². The van der Waals surface area contributed by atoms with Gasteiger partial charge in [0.15, 0.2) is 0 Å². The lowest BCUT2D eigenvalue weighted by Gasteiger charge is -2.34. The highest BCUT2D eigenvalue weighted by Crippen LogP contribution is 2.34. The van der Waals surface area contributed by atoms with Gasteiger partial charge in [-0.25, -0.2) is 4.79 Å². The van der Waals surface area contributed by atoms with Crippen molar-refractivity contribution >= 4 is 12.0 Å². The standard InChI is InChI=1S/C14H24N2O4/c1-3-14(12(17)18)6-7-16(10-14)13(19)15(2)11-4-8-20-9-5-11/h11H,3-10H2,1-2H3,(H,17,18). The summed E-state index contributed by atoms with van der Waals surface area (Å²) in [6.45, 7) is 4.12. The average molecular weight is 284 g/mol. The number of urea groups is 1. The first-order valence-corrected chi connectivity index (χ1v) is 7.33. The number of aliphatic carboxylic acids is 1. The molecule has 0 radical (unpaired) electrons. The third-order valence-electron chi connectivity index (χ3n) is 4.80. The van der Waals surface area contributed by atoms with E-state index in [0.717, 1.165) is 12.8 Å². The molecule has 2 aliphatic rings. The molecule has 0 bridgehead atoms. The van der Waals surface area contributed by atoms with E-state index in [0.29, 0.717) is 39.1 Å². The lowest BCUT2D eigenvalue weighted by Crippen LogP contribution is -2.48. The van der Waals surface area contributed by atoms with Crippen LogP contribution >= 0.6 is 0 Å². The molecule has 114 valence electrons. The Balaban J connectivity index is 1.98. The van der Waals surface area contributed by atoms with Gasteiger partial charge in [0, 0.05) is 39.4 Å². The second kappa shape index (κ2) is 5.99. The first-order valence-electron chi connectivity index (χ1n) is 7.33. The van der Waals surface area contributed by atoms with Crippen molar-refractivity contribution in [3.05, 3.63) is 0 Å². The Hall–Kier alpha value is -1.30. The fourth-order valence-electron chi connectivity index (χ4n) is 3.10. The molecule has 0 aliphatic carbocycles. The number of carboxylic acids is 1. The van der Waals surface area contributed by atoms with Crippen LogP contribution in [0.1, 0.15) is 32.6 Å². The SMILES string of the molecule is CCC1(C(=O)O)CCN(C(=O)N(C)C2CCOCC2)C1. The quantitative estimate of drug-likeness (QED) is 0.850. The molecule has 20 heavy (non-hydrogen) atoms. The first-order chi connectivity index (χ1) is 9.50. The Kier molecular flexibility index (Phi) is 4.52. The summed E-state index contributed by atoms with van der Waals surface area (Å²) in [5.74, 6) is -0.788. The van der Waals surface area contributed by atoms with Crippen molar-refractivity contribution in [1.82, 2.24) is 9.80 Å². The third-order valence-corrected chi connectivity index (χ3v) is 4.80. The van der Waals surface area contributed by atoms with E-state index in [-0.39, 0.29) is 12.1 Å². The highest BCUT2D eigenvalue weighted by Gasteiger charge is 2.45. The average Bonchev–Trinajstić information content (AvgIpc) is 2.92. The fourth-order valence-corrected chi connectivity index (χ4v) is 3.10. The second-order valence-corrected chi connectivity index (χ2v) is 5.85. The number of hydrogen-bond acceptors (Lipinski definition) is 3. The highest BCUT2D eigenvalue weighted by molar-refractivity contribution is 5.79. The Morgan fingerprint density at radius 2 is 2.05 bits per heavy atom. The molecule has 1 N–H and O–H groups in total. The van der Waals surface area contributed by atoms with Crippen molar-refractivity contribution in [3.63, 3.8) is 0 Å². The Morgan fingerprint density at radius 3 is 2.55 bits per heavy atom. The number of hydrogen-bond donors (Lipinski definition) is 1. The number of carbonyl (C=O) groups excluding carboxylic acids is 1. The predicted octanol–water partition coefficient (Wildman–Crippen LogP) is 1.40. The van der Waals surface area contributed by atoms with E-state index < -0.39 is 11.4 Å². The van der Waals surface area contributed by atoms with Gasteiger partial charge in [0.2, 0.25) is 0 Å². The molecule has 6 nitrogen and oxygen atoms in total. The summed E-state index contributed by atoms with van der Waals surface area (Å²) >= 11 is 0. The topological polar surface area (TPSA) is 70.1 Å². The molecule has 2 rings (SSSR count). The van der Waals surface area contributed by atoms with Gasteiger partial charge in [0.05, 0.1) is 5.41 Å². The summed E-state index contributed by atoms with van der Waals surface area (Å²) in [5, 5.41) is 9.38. The molecule has 2 heterocycles. The van der Waals surface area contributed by atoms with Crippen LogP contribution < -0.4 is 0 Å². The maximum absolute atomic E-state index is 12.5. The molecule has 1 atom stereocenters. The molecule has 2 saturated heterocycles. The molecular formula is C14H24N2O4. The first kappa shape index (κ1) is 15.1. The summed E-state index contributed by atoms with van der Waals surface area (Å²) in [7, 11) is 1.81. The van der Waals surface area contributed by atoms with E-state index in [1.165, 1.54) is 0 Å². The summed E-state index contributed by atoms with van der Waals surface area (Å²) in [6.07, 6.45) is 2.82. The smallest absolute Gasteiger partial charge is 0.320 e. The van der Waals surface area contributed by atoms with Gasteiger partial charge in [-0.3, -0.25) is 4.79 Å². The normalized spacial score (nSPS) is 27.6. The van der Waals surface area contributed by atoms with Crippen molar-refractivity contribution in [1.29, 1.82) is 0 Å². The van der Waals surface area contributed by atoms with Crippen LogP contribution in [0.5, 0.6) is 0 Å². The van der Waals surface area contributed by atoms with Crippen molar-refractivity contribution in [2.24, 2.45) is 5.41 Å². The molecule has 0 saturated carbocycles. The van der Waals surface area contributed by atoms with Crippen LogP contribution in [0.4, 0.5) is 4.79 Å². The lowest BCUT2D eigenvalue weighted by molar-refractivity contribution is -0.148. The van der Waals surface area contributed by atoms with E-state index in [9.17, 15) is 14.7 Å². The van der Waals surface area contributed by atoms with E-state index in [4.69, 9.17) is 4.74 Å². The van der Waals surface area contributed by atoms with Gasteiger partial charge in [0.1, 0.15) is 0 Å². The fraction of sp³-hybridized carbons (Fsp3) is 0.857. The molecule has 6 heteroatoms. The van der Waals surface area contributed by atoms with Crippen molar-refractivity contribution in [2.75, 3.05) is 33.4 Å². The minimum Gasteiger partial charge on any atom is -0.481 e.